The molecule has 0 aromatic rings. The maximum absolute atomic E-state index is 13.2. The number of rotatable bonds is 4. The van der Waals surface area contributed by atoms with Gasteiger partial charge in [0.15, 0.2) is 0 Å². The van der Waals surface area contributed by atoms with Crippen molar-refractivity contribution >= 4 is 21.9 Å². The first-order valence-corrected chi connectivity index (χ1v) is 5.71. The molecule has 0 rings (SSSR count). The minimum absolute atomic E-state index is 0.0363. The lowest BCUT2D eigenvalue weighted by atomic mass is 10.1. The summed E-state index contributed by atoms with van der Waals surface area (Å²) >= 11 is 3.15. The van der Waals surface area contributed by atoms with Crippen LogP contribution in [0.25, 0.3) is 0 Å². The van der Waals surface area contributed by atoms with Crippen molar-refractivity contribution in [2.45, 2.75) is 56.9 Å². The highest BCUT2D eigenvalue weighted by atomic mass is 79.9. The molecule has 0 saturated carbocycles. The van der Waals surface area contributed by atoms with Gasteiger partial charge in [0.25, 0.3) is 0 Å². The van der Waals surface area contributed by atoms with Crippen molar-refractivity contribution < 1.29 is 18.3 Å². The highest BCUT2D eigenvalue weighted by Gasteiger charge is 2.42. The van der Waals surface area contributed by atoms with Crippen LogP contribution >= 0.6 is 15.9 Å². The Hall–Kier alpha value is -0.190. The summed E-state index contributed by atoms with van der Waals surface area (Å²) in [5.74, 6) is -4.84. The number of ether oxygens (including phenoxy) is 1. The molecule has 0 aliphatic carbocycles. The van der Waals surface area contributed by atoms with Crippen LogP contribution in [0.1, 0.15) is 40.5 Å². The molecule has 0 fully saturated rings. The maximum atomic E-state index is 13.2. The average molecular weight is 287 g/mol. The SMILES string of the molecule is CC(Br)CCC(F)(F)C(=O)OC(C)(C)C. The van der Waals surface area contributed by atoms with Gasteiger partial charge in [0.05, 0.1) is 0 Å². The molecule has 0 amide bonds. The molecule has 0 saturated heterocycles. The third-order valence-corrected chi connectivity index (χ3v) is 2.01. The molecular formula is C10H17BrF2O2. The van der Waals surface area contributed by atoms with Gasteiger partial charge < -0.3 is 4.74 Å². The lowest BCUT2D eigenvalue weighted by Gasteiger charge is -2.23. The number of hydrogen-bond donors (Lipinski definition) is 0. The molecular weight excluding hydrogens is 270 g/mol. The van der Waals surface area contributed by atoms with Crippen molar-refractivity contribution in [1.82, 2.24) is 0 Å². The van der Waals surface area contributed by atoms with Crippen molar-refractivity contribution in [3.63, 3.8) is 0 Å². The molecule has 0 aliphatic rings. The van der Waals surface area contributed by atoms with E-state index in [-0.39, 0.29) is 11.2 Å². The zero-order valence-corrected chi connectivity index (χ0v) is 11.0. The summed E-state index contributed by atoms with van der Waals surface area (Å²) in [5, 5.41) is 0. The predicted octanol–water partition coefficient (Wildman–Crippen LogP) is 3.53. The summed E-state index contributed by atoms with van der Waals surface area (Å²) in [6.45, 7) is 6.45. The summed E-state index contributed by atoms with van der Waals surface area (Å²) < 4.78 is 31.1. The van der Waals surface area contributed by atoms with Gasteiger partial charge in [0, 0.05) is 11.2 Å². The third kappa shape index (κ3) is 6.82. The van der Waals surface area contributed by atoms with Crippen LogP contribution in [0.15, 0.2) is 0 Å². The topological polar surface area (TPSA) is 26.3 Å². The van der Waals surface area contributed by atoms with Gasteiger partial charge in [-0.1, -0.05) is 22.9 Å². The van der Waals surface area contributed by atoms with Crippen LogP contribution in [0.4, 0.5) is 8.78 Å². The first-order valence-electron chi connectivity index (χ1n) is 4.80. The third-order valence-electron chi connectivity index (χ3n) is 1.55. The highest BCUT2D eigenvalue weighted by Crippen LogP contribution is 2.26. The summed E-state index contributed by atoms with van der Waals surface area (Å²) in [5.41, 5.74) is -0.874. The molecule has 5 heteroatoms. The Morgan fingerprint density at radius 2 is 1.87 bits per heavy atom. The number of alkyl halides is 3. The van der Waals surface area contributed by atoms with Crippen molar-refractivity contribution in [3.8, 4) is 0 Å². The zero-order chi connectivity index (χ0) is 12.3. The quantitative estimate of drug-likeness (QED) is 0.584. The number of hydrogen-bond acceptors (Lipinski definition) is 2. The molecule has 0 heterocycles. The predicted molar refractivity (Wildman–Crippen MR) is 58.4 cm³/mol. The van der Waals surface area contributed by atoms with E-state index in [0.29, 0.717) is 0 Å². The summed E-state index contributed by atoms with van der Waals surface area (Å²) in [6, 6.07) is 0. The standard InChI is InChI=1S/C10H17BrF2O2/c1-7(11)5-6-10(12,13)8(14)15-9(2,3)4/h7H,5-6H2,1-4H3. The van der Waals surface area contributed by atoms with E-state index in [1.807, 2.05) is 0 Å². The van der Waals surface area contributed by atoms with Crippen molar-refractivity contribution in [1.29, 1.82) is 0 Å². The van der Waals surface area contributed by atoms with Gasteiger partial charge in [-0.2, -0.15) is 8.78 Å². The van der Waals surface area contributed by atoms with Crippen LogP contribution in [-0.2, 0) is 9.53 Å². The lowest BCUT2D eigenvalue weighted by Crippen LogP contribution is -2.37. The average Bonchev–Trinajstić information content (AvgIpc) is 1.97. The first-order chi connectivity index (χ1) is 6.54. The summed E-state index contributed by atoms with van der Waals surface area (Å²) in [7, 11) is 0. The molecule has 90 valence electrons. The molecule has 15 heavy (non-hydrogen) atoms. The van der Waals surface area contributed by atoms with Gasteiger partial charge >= 0.3 is 11.9 Å². The molecule has 0 aromatic carbocycles. The number of carbonyl (C=O) groups excluding carboxylic acids is 1. The van der Waals surface area contributed by atoms with Gasteiger partial charge in [0.1, 0.15) is 5.60 Å². The van der Waals surface area contributed by atoms with E-state index in [9.17, 15) is 13.6 Å². The van der Waals surface area contributed by atoms with Gasteiger partial charge in [-0.15, -0.1) is 0 Å². The molecule has 0 aliphatic heterocycles. The van der Waals surface area contributed by atoms with Gasteiger partial charge in [-0.25, -0.2) is 4.79 Å². The smallest absolute Gasteiger partial charge is 0.377 e. The molecule has 0 bridgehead atoms. The molecule has 0 radical (unpaired) electrons. The molecule has 1 unspecified atom stereocenters. The number of halogens is 3. The lowest BCUT2D eigenvalue weighted by molar-refractivity contribution is -0.184. The van der Waals surface area contributed by atoms with Crippen LogP contribution in [0.2, 0.25) is 0 Å². The van der Waals surface area contributed by atoms with Crippen LogP contribution in [0.3, 0.4) is 0 Å². The Labute approximate surface area is 97.5 Å². The van der Waals surface area contributed by atoms with Gasteiger partial charge in [-0.3, -0.25) is 0 Å². The monoisotopic (exact) mass is 286 g/mol. The van der Waals surface area contributed by atoms with E-state index >= 15 is 0 Å². The van der Waals surface area contributed by atoms with Crippen LogP contribution in [0, 0.1) is 0 Å². The Kier molecular flexibility index (Phi) is 5.17. The molecule has 1 atom stereocenters. The van der Waals surface area contributed by atoms with Gasteiger partial charge in [0.2, 0.25) is 0 Å². The summed E-state index contributed by atoms with van der Waals surface area (Å²) in [4.78, 5) is 11.1. The Morgan fingerprint density at radius 1 is 1.40 bits per heavy atom. The normalized spacial score (nSPS) is 14.9. The minimum atomic E-state index is -3.39. The maximum Gasteiger partial charge on any atom is 0.377 e. The molecule has 0 aromatic heterocycles. The molecule has 0 spiro atoms. The second-order valence-electron chi connectivity index (χ2n) is 4.53. The van der Waals surface area contributed by atoms with Crippen LogP contribution in [-0.4, -0.2) is 22.3 Å². The van der Waals surface area contributed by atoms with E-state index in [1.165, 1.54) is 0 Å². The largest absolute Gasteiger partial charge is 0.456 e. The second kappa shape index (κ2) is 5.23. The van der Waals surface area contributed by atoms with Crippen molar-refractivity contribution in [2.75, 3.05) is 0 Å². The van der Waals surface area contributed by atoms with E-state index in [2.05, 4.69) is 20.7 Å². The van der Waals surface area contributed by atoms with E-state index in [1.54, 1.807) is 27.7 Å². The van der Waals surface area contributed by atoms with E-state index in [0.717, 1.165) is 0 Å². The second-order valence-corrected chi connectivity index (χ2v) is 6.09. The molecule has 0 N–H and O–H groups in total. The minimum Gasteiger partial charge on any atom is -0.456 e. The van der Waals surface area contributed by atoms with Crippen LogP contribution in [0.5, 0.6) is 0 Å². The van der Waals surface area contributed by atoms with Crippen molar-refractivity contribution in [2.24, 2.45) is 0 Å². The van der Waals surface area contributed by atoms with E-state index < -0.39 is 23.9 Å². The fraction of sp³-hybridized carbons (Fsp3) is 0.900. The van der Waals surface area contributed by atoms with Crippen molar-refractivity contribution in [3.05, 3.63) is 0 Å². The van der Waals surface area contributed by atoms with E-state index in [4.69, 9.17) is 0 Å². The highest BCUT2D eigenvalue weighted by molar-refractivity contribution is 9.09. The fourth-order valence-corrected chi connectivity index (χ4v) is 1.06. The number of carbonyl (C=O) groups is 1. The Bertz CT molecular complexity index is 222. The van der Waals surface area contributed by atoms with Crippen LogP contribution < -0.4 is 0 Å². The fourth-order valence-electron chi connectivity index (χ4n) is 0.835. The summed E-state index contributed by atoms with van der Waals surface area (Å²) in [6.07, 6.45) is -0.263. The van der Waals surface area contributed by atoms with Gasteiger partial charge in [-0.05, 0) is 27.2 Å². The number of esters is 1. The Balaban J connectivity index is 4.26. The zero-order valence-electron chi connectivity index (χ0n) is 9.44. The first kappa shape index (κ1) is 14.8. The molecule has 2 nitrogen and oxygen atoms in total. The Morgan fingerprint density at radius 3 is 2.20 bits per heavy atom.